The van der Waals surface area contributed by atoms with Crippen molar-refractivity contribution in [2.45, 2.75) is 123 Å². The maximum atomic E-state index is 12.6. The lowest BCUT2D eigenvalue weighted by Crippen LogP contribution is -2.52. The number of allylic oxidation sites excluding steroid dienone is 1. The fourth-order valence-corrected chi connectivity index (χ4v) is 9.01. The summed E-state index contributed by atoms with van der Waals surface area (Å²) in [4.78, 5) is 0. The Morgan fingerprint density at radius 1 is 1.06 bits per heavy atom. The van der Waals surface area contributed by atoms with Gasteiger partial charge in [0.05, 0.1) is 18.1 Å². The average Bonchev–Trinajstić information content (AvgIpc) is 3.09. The molecular weight excluding hydrogens is 425 g/mol. The molecule has 3 saturated carbocycles. The molecule has 0 saturated heterocycles. The summed E-state index contributed by atoms with van der Waals surface area (Å²) >= 11 is 0. The van der Waals surface area contributed by atoms with Crippen molar-refractivity contribution in [2.24, 2.45) is 40.4 Å². The number of hydrogen-bond donors (Lipinski definition) is 2. The van der Waals surface area contributed by atoms with Gasteiger partial charge in [0, 0.05) is 0 Å². The second-order valence-corrected chi connectivity index (χ2v) is 12.8. The van der Waals surface area contributed by atoms with Crippen LogP contribution in [0, 0.1) is 40.4 Å². The Morgan fingerprint density at radius 3 is 2.45 bits per heavy atom. The zero-order valence-corrected chi connectivity index (χ0v) is 21.1. The number of fused-ring (bicyclic) bond motifs is 5. The van der Waals surface area contributed by atoms with Crippen molar-refractivity contribution < 1.29 is 23.4 Å². The Morgan fingerprint density at radius 2 is 1.79 bits per heavy atom. The number of halogens is 3. The van der Waals surface area contributed by atoms with Crippen LogP contribution in [0.2, 0.25) is 0 Å². The third-order valence-corrected chi connectivity index (χ3v) is 11.1. The summed E-state index contributed by atoms with van der Waals surface area (Å²) in [5.41, 5.74) is 1.46. The van der Waals surface area contributed by atoms with E-state index in [2.05, 4.69) is 33.8 Å². The molecule has 0 aromatic carbocycles. The fourth-order valence-electron chi connectivity index (χ4n) is 9.01. The van der Waals surface area contributed by atoms with Gasteiger partial charge in [0.2, 0.25) is 0 Å². The second kappa shape index (κ2) is 8.84. The van der Waals surface area contributed by atoms with Crippen molar-refractivity contribution in [1.29, 1.82) is 0 Å². The van der Waals surface area contributed by atoms with Crippen molar-refractivity contribution in [3.05, 3.63) is 11.6 Å². The Kier molecular flexibility index (Phi) is 6.84. The monoisotopic (exact) mass is 470 g/mol. The minimum atomic E-state index is -4.29. The lowest BCUT2D eigenvalue weighted by molar-refractivity contribution is -0.154. The highest BCUT2D eigenvalue weighted by molar-refractivity contribution is 5.27. The molecule has 2 unspecified atom stereocenters. The Hall–Kier alpha value is -0.550. The molecule has 2 N–H and O–H groups in total. The van der Waals surface area contributed by atoms with Crippen molar-refractivity contribution in [3.8, 4) is 0 Å². The van der Waals surface area contributed by atoms with Crippen molar-refractivity contribution in [1.82, 2.24) is 0 Å². The molecule has 0 aliphatic heterocycles. The number of rotatable bonds is 6. The molecule has 0 aromatic heterocycles. The van der Waals surface area contributed by atoms with E-state index in [1.54, 1.807) is 0 Å². The van der Waals surface area contributed by atoms with E-state index < -0.39 is 24.3 Å². The second-order valence-electron chi connectivity index (χ2n) is 12.8. The zero-order chi connectivity index (χ0) is 24.2. The molecule has 0 aromatic rings. The van der Waals surface area contributed by atoms with Crippen molar-refractivity contribution >= 4 is 0 Å². The van der Waals surface area contributed by atoms with Crippen LogP contribution in [0.1, 0.15) is 105 Å². The van der Waals surface area contributed by atoms with Gasteiger partial charge in [-0.3, -0.25) is 0 Å². The highest BCUT2D eigenvalue weighted by Crippen LogP contribution is 2.67. The maximum absolute atomic E-state index is 12.6. The Bertz CT molecular complexity index is 748. The van der Waals surface area contributed by atoms with Gasteiger partial charge in [0.25, 0.3) is 0 Å². The molecule has 0 bridgehead atoms. The Balaban J connectivity index is 1.44. The number of alkyl halides is 3. The normalized spacial score (nSPS) is 44.9. The summed E-state index contributed by atoms with van der Waals surface area (Å²) in [5, 5.41) is 20.8. The molecule has 9 atom stereocenters. The summed E-state index contributed by atoms with van der Waals surface area (Å²) in [5.74, 6) is 2.96. The zero-order valence-electron chi connectivity index (χ0n) is 21.1. The van der Waals surface area contributed by atoms with E-state index in [1.165, 1.54) is 31.3 Å². The van der Waals surface area contributed by atoms with Gasteiger partial charge in [0.15, 0.2) is 0 Å². The first kappa shape index (κ1) is 25.5. The van der Waals surface area contributed by atoms with Gasteiger partial charge in [-0.1, -0.05) is 39.3 Å². The van der Waals surface area contributed by atoms with Crippen LogP contribution in [-0.2, 0) is 0 Å². The first-order valence-electron chi connectivity index (χ1n) is 13.5. The lowest BCUT2D eigenvalue weighted by atomic mass is 9.46. The number of aliphatic hydroxyl groups is 2. The molecule has 3 fully saturated rings. The topological polar surface area (TPSA) is 40.5 Å². The molecule has 0 radical (unpaired) electrons. The standard InChI is InChI=1S/C28H45F3O2/c1-5-27(33)15-14-25(3)19(16-27)7-9-21-23-11-10-22(26(23,4)13-12-24(21)25)18(2)6-8-20(32)17-28(29,30)31/h7,18,20-24,32-33H,5-6,8-17H2,1-4H3/t18-,20?,21?,22-,23+,24+,25+,26-,27+/m1/s1. The minimum Gasteiger partial charge on any atom is -0.393 e. The van der Waals surface area contributed by atoms with Gasteiger partial charge in [-0.05, 0) is 111 Å². The van der Waals surface area contributed by atoms with Crippen molar-refractivity contribution in [2.75, 3.05) is 0 Å². The van der Waals surface area contributed by atoms with Crippen molar-refractivity contribution in [3.63, 3.8) is 0 Å². The molecule has 4 rings (SSSR count). The van der Waals surface area contributed by atoms with E-state index in [9.17, 15) is 23.4 Å². The SMILES string of the molecule is CC[C@]1(O)CC[C@@]2(C)C(=CCC3[C@@H]4CC[C@H]([C@H](C)CCC(O)CC(F)(F)F)[C@@]4(C)CC[C@@H]32)C1. The third-order valence-electron chi connectivity index (χ3n) is 11.1. The van der Waals surface area contributed by atoms with Crippen LogP contribution in [0.15, 0.2) is 11.6 Å². The van der Waals surface area contributed by atoms with Crippen LogP contribution in [0.5, 0.6) is 0 Å². The van der Waals surface area contributed by atoms with Crippen LogP contribution in [-0.4, -0.2) is 28.1 Å². The van der Waals surface area contributed by atoms with E-state index in [1.807, 2.05) is 0 Å². The van der Waals surface area contributed by atoms with Gasteiger partial charge < -0.3 is 10.2 Å². The summed E-state index contributed by atoms with van der Waals surface area (Å²) in [6.07, 6.45) is 6.38. The molecule has 0 spiro atoms. The Labute approximate surface area is 198 Å². The van der Waals surface area contributed by atoms with E-state index in [0.717, 1.165) is 32.1 Å². The summed E-state index contributed by atoms with van der Waals surface area (Å²) in [7, 11) is 0. The van der Waals surface area contributed by atoms with E-state index in [4.69, 9.17) is 0 Å². The first-order chi connectivity index (χ1) is 15.3. The van der Waals surface area contributed by atoms with E-state index in [0.29, 0.717) is 36.0 Å². The third kappa shape index (κ3) is 4.67. The molecule has 2 nitrogen and oxygen atoms in total. The highest BCUT2D eigenvalue weighted by Gasteiger charge is 2.59. The summed E-state index contributed by atoms with van der Waals surface area (Å²) < 4.78 is 37.8. The molecular formula is C28H45F3O2. The maximum Gasteiger partial charge on any atom is 0.391 e. The smallest absolute Gasteiger partial charge is 0.391 e. The minimum absolute atomic E-state index is 0.219. The van der Waals surface area contributed by atoms with Crippen LogP contribution < -0.4 is 0 Å². The molecule has 4 aliphatic carbocycles. The van der Waals surface area contributed by atoms with Crippen LogP contribution in [0.4, 0.5) is 13.2 Å². The van der Waals surface area contributed by atoms with Crippen LogP contribution in [0.25, 0.3) is 0 Å². The van der Waals surface area contributed by atoms with Gasteiger partial charge in [-0.25, -0.2) is 0 Å². The van der Waals surface area contributed by atoms with Gasteiger partial charge >= 0.3 is 6.18 Å². The predicted octanol–water partition coefficient (Wildman–Crippen LogP) is 7.44. The van der Waals surface area contributed by atoms with E-state index in [-0.39, 0.29) is 17.3 Å². The number of aliphatic hydroxyl groups excluding tert-OH is 1. The molecule has 4 aliphatic rings. The molecule has 0 amide bonds. The molecule has 33 heavy (non-hydrogen) atoms. The summed E-state index contributed by atoms with van der Waals surface area (Å²) in [6.45, 7) is 9.23. The largest absolute Gasteiger partial charge is 0.393 e. The van der Waals surface area contributed by atoms with Crippen LogP contribution >= 0.6 is 0 Å². The van der Waals surface area contributed by atoms with Gasteiger partial charge in [-0.2, -0.15) is 13.2 Å². The van der Waals surface area contributed by atoms with E-state index >= 15 is 0 Å². The quantitative estimate of drug-likeness (QED) is 0.396. The lowest BCUT2D eigenvalue weighted by Gasteiger charge is -2.59. The molecule has 0 heterocycles. The fraction of sp³-hybridized carbons (Fsp3) is 0.929. The summed E-state index contributed by atoms with van der Waals surface area (Å²) in [6, 6.07) is 0. The van der Waals surface area contributed by atoms with Crippen LogP contribution in [0.3, 0.4) is 0 Å². The number of hydrogen-bond acceptors (Lipinski definition) is 2. The van der Waals surface area contributed by atoms with Gasteiger partial charge in [-0.15, -0.1) is 0 Å². The van der Waals surface area contributed by atoms with Gasteiger partial charge in [0.1, 0.15) is 0 Å². The molecule has 190 valence electrons. The first-order valence-corrected chi connectivity index (χ1v) is 13.5. The highest BCUT2D eigenvalue weighted by atomic mass is 19.4. The average molecular weight is 471 g/mol. The predicted molar refractivity (Wildman–Crippen MR) is 126 cm³/mol. The molecule has 5 heteroatoms.